The summed E-state index contributed by atoms with van der Waals surface area (Å²) in [7, 11) is 0. The van der Waals surface area contributed by atoms with Gasteiger partial charge in [-0.3, -0.25) is 9.59 Å². The van der Waals surface area contributed by atoms with Crippen molar-refractivity contribution in [3.05, 3.63) is 89.7 Å². The van der Waals surface area contributed by atoms with E-state index in [1.165, 1.54) is 25.1 Å². The summed E-state index contributed by atoms with van der Waals surface area (Å²) in [5.41, 5.74) is 2.45. The third-order valence-electron chi connectivity index (χ3n) is 4.13. The number of hydrogen-bond donors (Lipinski definition) is 2. The Morgan fingerprint density at radius 3 is 2.41 bits per heavy atom. The predicted molar refractivity (Wildman–Crippen MR) is 111 cm³/mol. The molecule has 0 spiro atoms. The Kier molecular flexibility index (Phi) is 6.58. The maximum Gasteiger partial charge on any atom is 0.262 e. The van der Waals surface area contributed by atoms with Gasteiger partial charge in [0.05, 0.1) is 5.69 Å². The van der Waals surface area contributed by atoms with E-state index in [2.05, 4.69) is 10.6 Å². The van der Waals surface area contributed by atoms with Crippen molar-refractivity contribution in [2.75, 3.05) is 17.2 Å². The van der Waals surface area contributed by atoms with Crippen LogP contribution in [0.3, 0.4) is 0 Å². The van der Waals surface area contributed by atoms with Crippen LogP contribution >= 0.6 is 0 Å². The number of carbonyl (C=O) groups is 2. The highest BCUT2D eigenvalue weighted by atomic mass is 19.1. The van der Waals surface area contributed by atoms with E-state index in [1.54, 1.807) is 6.07 Å². The van der Waals surface area contributed by atoms with E-state index in [9.17, 15) is 14.0 Å². The molecule has 3 aromatic rings. The van der Waals surface area contributed by atoms with Crippen molar-refractivity contribution in [2.45, 2.75) is 13.3 Å². The fourth-order valence-corrected chi connectivity index (χ4v) is 2.84. The Labute approximate surface area is 168 Å². The van der Waals surface area contributed by atoms with E-state index in [-0.39, 0.29) is 18.2 Å². The standard InChI is InChI=1S/C23H21FN2O3/c1-16(27)25-19-11-12-20(24)21(14-19)26-23(28)15-29-22-10-6-5-9-18(22)13-17-7-3-2-4-8-17/h2-12,14H,13,15H2,1H3,(H,25,27)(H,26,28). The molecule has 29 heavy (non-hydrogen) atoms. The van der Waals surface area contributed by atoms with Gasteiger partial charge in [0, 0.05) is 19.0 Å². The van der Waals surface area contributed by atoms with Gasteiger partial charge in [0.2, 0.25) is 5.91 Å². The molecular weight excluding hydrogens is 371 g/mol. The zero-order chi connectivity index (χ0) is 20.6. The van der Waals surface area contributed by atoms with Crippen LogP contribution in [0.1, 0.15) is 18.1 Å². The van der Waals surface area contributed by atoms with Gasteiger partial charge in [-0.2, -0.15) is 0 Å². The molecule has 0 atom stereocenters. The molecule has 0 fully saturated rings. The number of rotatable bonds is 7. The third-order valence-corrected chi connectivity index (χ3v) is 4.13. The first kappa shape index (κ1) is 20.1. The number of ether oxygens (including phenoxy) is 1. The predicted octanol–water partition coefficient (Wildman–Crippen LogP) is 4.39. The van der Waals surface area contributed by atoms with Gasteiger partial charge in [-0.1, -0.05) is 48.5 Å². The second-order valence-corrected chi connectivity index (χ2v) is 6.48. The summed E-state index contributed by atoms with van der Waals surface area (Å²) in [6.07, 6.45) is 0.673. The van der Waals surface area contributed by atoms with Crippen LogP contribution in [-0.2, 0) is 16.0 Å². The number of halogens is 1. The van der Waals surface area contributed by atoms with Crippen molar-refractivity contribution in [1.29, 1.82) is 0 Å². The van der Waals surface area contributed by atoms with Crippen LogP contribution in [0, 0.1) is 5.82 Å². The van der Waals surface area contributed by atoms with Crippen LogP contribution in [0.25, 0.3) is 0 Å². The zero-order valence-corrected chi connectivity index (χ0v) is 15.9. The Morgan fingerprint density at radius 2 is 1.66 bits per heavy atom. The summed E-state index contributed by atoms with van der Waals surface area (Å²) in [6.45, 7) is 1.08. The summed E-state index contributed by atoms with van der Waals surface area (Å²) in [5, 5.41) is 5.02. The molecule has 2 amide bonds. The molecule has 0 unspecified atom stereocenters. The van der Waals surface area contributed by atoms with E-state index in [0.717, 1.165) is 11.1 Å². The van der Waals surface area contributed by atoms with Crippen molar-refractivity contribution < 1.29 is 18.7 Å². The lowest BCUT2D eigenvalue weighted by atomic mass is 10.0. The SMILES string of the molecule is CC(=O)Nc1ccc(F)c(NC(=O)COc2ccccc2Cc2ccccc2)c1. The molecule has 3 rings (SSSR count). The van der Waals surface area contributed by atoms with Crippen molar-refractivity contribution >= 4 is 23.2 Å². The minimum absolute atomic E-state index is 0.0255. The maximum atomic E-state index is 14.0. The molecule has 6 heteroatoms. The summed E-state index contributed by atoms with van der Waals surface area (Å²) in [5.74, 6) is -0.790. The Morgan fingerprint density at radius 1 is 0.931 bits per heavy atom. The van der Waals surface area contributed by atoms with Gasteiger partial charge in [0.15, 0.2) is 6.61 Å². The molecule has 0 aliphatic heterocycles. The first-order valence-electron chi connectivity index (χ1n) is 9.13. The second kappa shape index (κ2) is 9.50. The third kappa shape index (κ3) is 5.90. The van der Waals surface area contributed by atoms with Gasteiger partial charge < -0.3 is 15.4 Å². The molecule has 5 nitrogen and oxygen atoms in total. The molecule has 3 aromatic carbocycles. The van der Waals surface area contributed by atoms with Gasteiger partial charge in [-0.05, 0) is 35.4 Å². The lowest BCUT2D eigenvalue weighted by Crippen LogP contribution is -2.21. The summed E-state index contributed by atoms with van der Waals surface area (Å²) in [4.78, 5) is 23.4. The van der Waals surface area contributed by atoms with Crippen LogP contribution in [0.4, 0.5) is 15.8 Å². The molecule has 0 aromatic heterocycles. The lowest BCUT2D eigenvalue weighted by molar-refractivity contribution is -0.118. The quantitative estimate of drug-likeness (QED) is 0.627. The fraction of sp³-hybridized carbons (Fsp3) is 0.130. The average Bonchev–Trinajstić information content (AvgIpc) is 2.70. The normalized spacial score (nSPS) is 10.3. The zero-order valence-electron chi connectivity index (χ0n) is 15.9. The fourth-order valence-electron chi connectivity index (χ4n) is 2.84. The minimum Gasteiger partial charge on any atom is -0.483 e. The molecule has 148 valence electrons. The highest BCUT2D eigenvalue weighted by Gasteiger charge is 2.11. The van der Waals surface area contributed by atoms with Crippen LogP contribution in [0.2, 0.25) is 0 Å². The van der Waals surface area contributed by atoms with Gasteiger partial charge >= 0.3 is 0 Å². The van der Waals surface area contributed by atoms with E-state index in [4.69, 9.17) is 4.74 Å². The Balaban J connectivity index is 1.64. The number of hydrogen-bond acceptors (Lipinski definition) is 3. The maximum absolute atomic E-state index is 14.0. The van der Waals surface area contributed by atoms with Gasteiger partial charge in [-0.25, -0.2) is 4.39 Å². The summed E-state index contributed by atoms with van der Waals surface area (Å²) < 4.78 is 19.6. The van der Waals surface area contributed by atoms with Gasteiger partial charge in [0.1, 0.15) is 11.6 Å². The van der Waals surface area contributed by atoms with Crippen LogP contribution < -0.4 is 15.4 Å². The summed E-state index contributed by atoms with van der Waals surface area (Å²) in [6, 6.07) is 21.4. The monoisotopic (exact) mass is 392 g/mol. The average molecular weight is 392 g/mol. The second-order valence-electron chi connectivity index (χ2n) is 6.48. The highest BCUT2D eigenvalue weighted by Crippen LogP contribution is 2.22. The highest BCUT2D eigenvalue weighted by molar-refractivity contribution is 5.94. The molecule has 0 bridgehead atoms. The Bertz CT molecular complexity index is 1010. The first-order valence-corrected chi connectivity index (χ1v) is 9.13. The molecule has 0 aliphatic rings. The molecule has 0 heterocycles. The largest absolute Gasteiger partial charge is 0.483 e. The van der Waals surface area contributed by atoms with Crippen molar-refractivity contribution in [3.8, 4) is 5.75 Å². The summed E-state index contributed by atoms with van der Waals surface area (Å²) >= 11 is 0. The molecule has 0 radical (unpaired) electrons. The van der Waals surface area contributed by atoms with Crippen molar-refractivity contribution in [3.63, 3.8) is 0 Å². The smallest absolute Gasteiger partial charge is 0.262 e. The van der Waals surface area contributed by atoms with Gasteiger partial charge in [-0.15, -0.1) is 0 Å². The number of para-hydroxylation sites is 1. The van der Waals surface area contributed by atoms with E-state index >= 15 is 0 Å². The molecule has 0 saturated heterocycles. The van der Waals surface area contributed by atoms with Crippen molar-refractivity contribution in [2.24, 2.45) is 0 Å². The van der Waals surface area contributed by atoms with Crippen LogP contribution in [0.5, 0.6) is 5.75 Å². The number of benzene rings is 3. The Hall–Kier alpha value is -3.67. The van der Waals surface area contributed by atoms with Crippen molar-refractivity contribution in [1.82, 2.24) is 0 Å². The van der Waals surface area contributed by atoms with Crippen LogP contribution in [-0.4, -0.2) is 18.4 Å². The first-order chi connectivity index (χ1) is 14.0. The van der Waals surface area contributed by atoms with Gasteiger partial charge in [0.25, 0.3) is 5.91 Å². The number of anilines is 2. The number of nitrogens with one attached hydrogen (secondary N) is 2. The molecular formula is C23H21FN2O3. The molecule has 2 N–H and O–H groups in total. The lowest BCUT2D eigenvalue weighted by Gasteiger charge is -2.13. The topological polar surface area (TPSA) is 67.4 Å². The number of amides is 2. The number of carbonyl (C=O) groups excluding carboxylic acids is 2. The minimum atomic E-state index is -0.600. The molecule has 0 saturated carbocycles. The van der Waals surface area contributed by atoms with Crippen LogP contribution in [0.15, 0.2) is 72.8 Å². The van der Waals surface area contributed by atoms with E-state index in [0.29, 0.717) is 17.9 Å². The van der Waals surface area contributed by atoms with E-state index < -0.39 is 11.7 Å². The van der Waals surface area contributed by atoms with E-state index in [1.807, 2.05) is 48.5 Å². The molecule has 0 aliphatic carbocycles.